The number of aryl methyl sites for hydroxylation is 3. The third kappa shape index (κ3) is 11.2. The molecule has 24 nitrogen and oxygen atoms in total. The number of benzene rings is 2. The Balaban J connectivity index is 0.984. The Morgan fingerprint density at radius 1 is 0.676 bits per heavy atom. The lowest BCUT2D eigenvalue weighted by atomic mass is 10.1. The van der Waals surface area contributed by atoms with E-state index in [4.69, 9.17) is 44.9 Å². The van der Waals surface area contributed by atoms with E-state index in [1.165, 1.54) is 51.1 Å². The maximum Gasteiger partial charge on any atom is 0.472 e. The average molecular weight is 1020 g/mol. The Morgan fingerprint density at radius 2 is 1.13 bits per heavy atom. The molecule has 3 aliphatic rings. The molecule has 6 heterocycles. The summed E-state index contributed by atoms with van der Waals surface area (Å²) in [5.41, 5.74) is -3.95. The number of aliphatic hydroxyl groups excluding tert-OH is 1. The van der Waals surface area contributed by atoms with Crippen LogP contribution in [-0.2, 0) is 41.4 Å². The summed E-state index contributed by atoms with van der Waals surface area (Å²) in [5, 5.41) is 12.6. The molecule has 366 valence electrons. The first-order chi connectivity index (χ1) is 32.1. The molecule has 0 bridgehead atoms. The van der Waals surface area contributed by atoms with E-state index < -0.39 is 122 Å². The van der Waals surface area contributed by atoms with Crippen LogP contribution in [-0.4, -0.2) is 98.0 Å². The first-order valence-electron chi connectivity index (χ1n) is 20.9. The number of thioether (sulfide) groups is 1. The Bertz CT molecular complexity index is 3180. The minimum absolute atomic E-state index is 0.106. The second kappa shape index (κ2) is 20.1. The van der Waals surface area contributed by atoms with Crippen molar-refractivity contribution < 1.29 is 56.3 Å². The summed E-state index contributed by atoms with van der Waals surface area (Å²) in [7, 11) is -10.3. The Morgan fingerprint density at radius 3 is 1.69 bits per heavy atom. The highest BCUT2D eigenvalue weighted by atomic mass is 32.2. The van der Waals surface area contributed by atoms with Gasteiger partial charge in [-0.05, 0) is 43.7 Å². The average Bonchev–Trinajstić information content (AvgIpc) is 3.99. The van der Waals surface area contributed by atoms with Gasteiger partial charge in [0.25, 0.3) is 16.7 Å². The number of nitrogens with zero attached hydrogens (tertiary/aromatic N) is 3. The van der Waals surface area contributed by atoms with Gasteiger partial charge in [0.2, 0.25) is 0 Å². The fourth-order valence-electron chi connectivity index (χ4n) is 7.94. The first kappa shape index (κ1) is 49.9. The summed E-state index contributed by atoms with van der Waals surface area (Å²) in [5.74, 6) is 0. The number of fused-ring (bicyclic) bond motifs is 1. The van der Waals surface area contributed by atoms with Crippen LogP contribution in [0.4, 0.5) is 0 Å². The fourth-order valence-corrected chi connectivity index (χ4v) is 11.5. The van der Waals surface area contributed by atoms with Gasteiger partial charge in [-0.25, -0.2) is 23.5 Å². The van der Waals surface area contributed by atoms with Crippen LogP contribution in [0.3, 0.4) is 0 Å². The molecule has 3 unspecified atom stereocenters. The van der Waals surface area contributed by atoms with Crippen LogP contribution < -0.4 is 33.7 Å². The predicted molar refractivity (Wildman–Crippen MR) is 244 cm³/mol. The van der Waals surface area contributed by atoms with Crippen LogP contribution in [0, 0.1) is 20.8 Å². The van der Waals surface area contributed by atoms with Gasteiger partial charge in [-0.1, -0.05) is 30.3 Å². The van der Waals surface area contributed by atoms with Gasteiger partial charge in [0, 0.05) is 59.4 Å². The number of aliphatic hydroxyl groups is 1. The number of aromatic amines is 3. The van der Waals surface area contributed by atoms with Crippen LogP contribution in [0.15, 0.2) is 94.7 Å². The van der Waals surface area contributed by atoms with Gasteiger partial charge in [0.15, 0.2) is 0 Å². The van der Waals surface area contributed by atoms with Gasteiger partial charge in [0.05, 0.1) is 23.9 Å². The molecular weight excluding hydrogens is 979 g/mol. The van der Waals surface area contributed by atoms with E-state index in [0.29, 0.717) is 0 Å². The first-order valence-corrected chi connectivity index (χ1v) is 25.3. The molecule has 3 fully saturated rings. The van der Waals surface area contributed by atoms with E-state index in [2.05, 4.69) is 15.0 Å². The van der Waals surface area contributed by atoms with E-state index >= 15 is 0 Å². The van der Waals surface area contributed by atoms with E-state index in [0.717, 1.165) is 29.4 Å². The maximum absolute atomic E-state index is 13.9. The summed E-state index contributed by atoms with van der Waals surface area (Å²) in [6.07, 6.45) is -8.40. The molecule has 8 rings (SSSR count). The molecule has 3 saturated heterocycles. The number of hydrogen-bond acceptors (Lipinski definition) is 18. The number of nitrogens with one attached hydrogen (secondary N) is 3. The van der Waals surface area contributed by atoms with Gasteiger partial charge in [0.1, 0.15) is 49.2 Å². The fraction of sp³-hybridized carbons (Fsp3) is 0.450. The standard InChI is InChI=1S/C40H46N6O18P2S2/c1-19-14-44(38(51)41-34(19)48)30-11-25(47)28(60-30)17-58-65(54,55)63-26-12-31(45-15-20(2)35(49)42-39(45)52)61-29(26)18-59-66(56,57)64-27-13-32(46-16-21(3)36(50)43-40(46)53)62-33(27)37(67)68-24-9-8-22-6-4-5-7-23(22)10-24/h4-10,14-16,25-33,37,47,67H,11-13,17-18H2,1-3H3,(H,54,55)(H,56,57)(H,41,48,51)(H,42,49,52)(H,43,50,53)/t25-,26-,27-,28+,29+,30+,31+,32+,33-,37?/m0/s1. The summed E-state index contributed by atoms with van der Waals surface area (Å²) in [4.78, 5) is 104. The molecule has 0 amide bonds. The van der Waals surface area contributed by atoms with Crippen molar-refractivity contribution in [1.29, 1.82) is 0 Å². The molecule has 0 radical (unpaired) electrons. The van der Waals surface area contributed by atoms with E-state index in [1.54, 1.807) is 0 Å². The molecule has 12 atom stereocenters. The molecule has 0 aliphatic carbocycles. The lowest BCUT2D eigenvalue weighted by Gasteiger charge is -2.26. The Hall–Kier alpha value is -4.50. The summed E-state index contributed by atoms with van der Waals surface area (Å²) in [6.45, 7) is 2.77. The third-order valence-corrected chi connectivity index (χ3v) is 15.1. The van der Waals surface area contributed by atoms with E-state index in [9.17, 15) is 52.8 Å². The minimum Gasteiger partial charge on any atom is -0.390 e. The van der Waals surface area contributed by atoms with Gasteiger partial charge < -0.3 is 29.1 Å². The second-order valence-electron chi connectivity index (χ2n) is 16.4. The topological polar surface area (TPSA) is 324 Å². The van der Waals surface area contributed by atoms with E-state index in [1.807, 2.05) is 42.5 Å². The minimum atomic E-state index is -5.17. The largest absolute Gasteiger partial charge is 0.472 e. The zero-order valence-electron chi connectivity index (χ0n) is 36.1. The Labute approximate surface area is 392 Å². The zero-order valence-corrected chi connectivity index (χ0v) is 39.6. The lowest BCUT2D eigenvalue weighted by Crippen LogP contribution is -2.34. The van der Waals surface area contributed by atoms with Crippen LogP contribution in [0.2, 0.25) is 0 Å². The highest BCUT2D eigenvalue weighted by molar-refractivity contribution is 8.10. The van der Waals surface area contributed by atoms with Crippen LogP contribution in [0.25, 0.3) is 10.8 Å². The molecule has 0 saturated carbocycles. The summed E-state index contributed by atoms with van der Waals surface area (Å²) in [6, 6.07) is 13.4. The number of phosphoric ester groups is 2. The maximum atomic E-state index is 13.9. The highest BCUT2D eigenvalue weighted by Gasteiger charge is 2.48. The smallest absolute Gasteiger partial charge is 0.390 e. The van der Waals surface area contributed by atoms with E-state index in [-0.39, 0.29) is 36.0 Å². The van der Waals surface area contributed by atoms with Crippen molar-refractivity contribution >= 4 is 50.8 Å². The Kier molecular flexibility index (Phi) is 14.7. The highest BCUT2D eigenvalue weighted by Crippen LogP contribution is 2.53. The van der Waals surface area contributed by atoms with Gasteiger partial charge >= 0.3 is 32.7 Å². The molecule has 5 aromatic rings. The summed E-state index contributed by atoms with van der Waals surface area (Å²) < 4.78 is 69.5. The third-order valence-electron chi connectivity index (χ3n) is 11.5. The molecule has 28 heteroatoms. The molecule has 2 aromatic carbocycles. The van der Waals surface area contributed by atoms with Crippen molar-refractivity contribution in [2.24, 2.45) is 0 Å². The molecule has 0 spiro atoms. The van der Waals surface area contributed by atoms with Crippen LogP contribution in [0.5, 0.6) is 0 Å². The van der Waals surface area contributed by atoms with Crippen molar-refractivity contribution in [3.05, 3.63) is 140 Å². The normalized spacial score (nSPS) is 27.3. The van der Waals surface area contributed by atoms with Gasteiger partial charge in [-0.2, -0.15) is 12.6 Å². The molecule has 3 aromatic heterocycles. The molecule has 6 N–H and O–H groups in total. The van der Waals surface area contributed by atoms with Crippen molar-refractivity contribution in [2.45, 2.75) is 105 Å². The number of thiol groups is 1. The zero-order chi connectivity index (χ0) is 48.8. The number of H-pyrrole nitrogens is 3. The van der Waals surface area contributed by atoms with Crippen molar-refractivity contribution in [3.63, 3.8) is 0 Å². The van der Waals surface area contributed by atoms with Crippen molar-refractivity contribution in [1.82, 2.24) is 28.7 Å². The SMILES string of the molecule is Cc1cn([C@H]2C[C@H](OP(=O)(O)OC[C@H]3O[C@@H](n4cc(C)c(=O)[nH]c4=O)C[C@@H]3OP(=O)(O)OC[C@H]3O[C@@H](n4cc(C)c(=O)[nH]c4=O)C[C@@H]3O)[C@@H](C(S)Sc3ccc4ccccc4c3)O2)c(=O)[nH]c1=O. The van der Waals surface area contributed by atoms with Crippen molar-refractivity contribution in [2.75, 3.05) is 13.2 Å². The number of ether oxygens (including phenoxy) is 3. The molecule has 68 heavy (non-hydrogen) atoms. The van der Waals surface area contributed by atoms with Crippen LogP contribution in [0.1, 0.15) is 54.6 Å². The monoisotopic (exact) mass is 1020 g/mol. The quantitative estimate of drug-likeness (QED) is 0.0322. The predicted octanol–water partition coefficient (Wildman–Crippen LogP) is 1.99. The van der Waals surface area contributed by atoms with Gasteiger partial charge in [-0.3, -0.25) is 61.1 Å². The number of rotatable bonds is 16. The van der Waals surface area contributed by atoms with Gasteiger partial charge in [-0.15, -0.1) is 11.8 Å². The molecular formula is C40H46N6O18P2S2. The summed E-state index contributed by atoms with van der Waals surface area (Å²) >= 11 is 6.04. The van der Waals surface area contributed by atoms with Crippen LogP contribution >= 0.6 is 40.0 Å². The lowest BCUT2D eigenvalue weighted by molar-refractivity contribution is -0.0591. The van der Waals surface area contributed by atoms with Crippen molar-refractivity contribution in [3.8, 4) is 0 Å². The number of phosphoric acid groups is 2. The number of hydrogen-bond donors (Lipinski definition) is 7. The number of aromatic nitrogens is 6. The second-order valence-corrected chi connectivity index (χ2v) is 21.3. The molecule has 3 aliphatic heterocycles.